The lowest BCUT2D eigenvalue weighted by molar-refractivity contribution is 0.0832. The van der Waals surface area contributed by atoms with Crippen molar-refractivity contribution in [1.82, 2.24) is 24.5 Å². The zero-order chi connectivity index (χ0) is 20.7. The molecular formula is C24H28ClN5. The van der Waals surface area contributed by atoms with Crippen LogP contribution < -0.4 is 5.32 Å². The fourth-order valence-electron chi connectivity index (χ4n) is 5.10. The van der Waals surface area contributed by atoms with Crippen molar-refractivity contribution in [1.29, 1.82) is 0 Å². The zero-order valence-corrected chi connectivity index (χ0v) is 18.1. The molecule has 2 unspecified atom stereocenters. The van der Waals surface area contributed by atoms with Crippen LogP contribution in [0.25, 0.3) is 16.9 Å². The molecule has 2 bridgehead atoms. The Morgan fingerprint density at radius 3 is 2.57 bits per heavy atom. The van der Waals surface area contributed by atoms with Gasteiger partial charge >= 0.3 is 0 Å². The molecule has 6 heteroatoms. The highest BCUT2D eigenvalue weighted by atomic mass is 35.5. The Balaban J connectivity index is 1.44. The molecule has 3 aromatic rings. The minimum Gasteiger partial charge on any atom is -0.372 e. The fourth-order valence-corrected chi connectivity index (χ4v) is 5.23. The van der Waals surface area contributed by atoms with Crippen LogP contribution >= 0.6 is 11.6 Å². The summed E-state index contributed by atoms with van der Waals surface area (Å²) >= 11 is 6.12. The maximum atomic E-state index is 6.12. The van der Waals surface area contributed by atoms with Crippen LogP contribution in [-0.2, 0) is 6.54 Å². The van der Waals surface area contributed by atoms with Crippen molar-refractivity contribution in [2.24, 2.45) is 0 Å². The van der Waals surface area contributed by atoms with Crippen molar-refractivity contribution in [3.8, 4) is 11.3 Å². The van der Waals surface area contributed by atoms with Gasteiger partial charge in [-0.15, -0.1) is 0 Å². The van der Waals surface area contributed by atoms with E-state index >= 15 is 0 Å². The molecule has 2 atom stereocenters. The minimum atomic E-state index is 0.536. The van der Waals surface area contributed by atoms with Crippen molar-refractivity contribution in [3.05, 3.63) is 71.8 Å². The fraction of sp³-hybridized carbons (Fsp3) is 0.375. The summed E-state index contributed by atoms with van der Waals surface area (Å²) in [7, 11) is 0. The Kier molecular flexibility index (Phi) is 5.17. The van der Waals surface area contributed by atoms with Crippen molar-refractivity contribution in [2.75, 3.05) is 19.6 Å². The van der Waals surface area contributed by atoms with Gasteiger partial charge < -0.3 is 14.6 Å². The van der Waals surface area contributed by atoms with E-state index in [-0.39, 0.29) is 0 Å². The van der Waals surface area contributed by atoms with Crippen molar-refractivity contribution in [2.45, 2.75) is 38.4 Å². The highest BCUT2D eigenvalue weighted by Gasteiger charge is 2.40. The number of fused-ring (bicyclic) bond motifs is 3. The SMILES string of the molecule is C=C(NCC)N1C2CCC1CN(Cc1c(-c3ccc(Cl)cc3)nc3ccccn13)C2. The summed E-state index contributed by atoms with van der Waals surface area (Å²) in [5.74, 6) is 1.08. The molecule has 2 aromatic heterocycles. The molecule has 2 aliphatic heterocycles. The molecule has 0 spiro atoms. The van der Waals surface area contributed by atoms with Gasteiger partial charge in [-0.2, -0.15) is 0 Å². The Morgan fingerprint density at radius 1 is 1.13 bits per heavy atom. The van der Waals surface area contributed by atoms with Gasteiger partial charge in [0.05, 0.1) is 17.2 Å². The summed E-state index contributed by atoms with van der Waals surface area (Å²) in [5.41, 5.74) is 4.38. The number of rotatable bonds is 6. The van der Waals surface area contributed by atoms with E-state index in [1.54, 1.807) is 0 Å². The van der Waals surface area contributed by atoms with Gasteiger partial charge in [0.15, 0.2) is 0 Å². The molecule has 5 rings (SSSR count). The van der Waals surface area contributed by atoms with Gasteiger partial charge in [0.1, 0.15) is 5.65 Å². The van der Waals surface area contributed by atoms with Gasteiger partial charge in [-0.25, -0.2) is 4.98 Å². The molecule has 2 fully saturated rings. The zero-order valence-electron chi connectivity index (χ0n) is 17.4. The number of imidazole rings is 1. The summed E-state index contributed by atoms with van der Waals surface area (Å²) in [4.78, 5) is 10.1. The van der Waals surface area contributed by atoms with E-state index in [1.807, 2.05) is 18.2 Å². The number of aromatic nitrogens is 2. The predicted octanol–water partition coefficient (Wildman–Crippen LogP) is 4.38. The highest BCUT2D eigenvalue weighted by Crippen LogP contribution is 2.34. The normalized spacial score (nSPS) is 21.3. The maximum absolute atomic E-state index is 6.12. The molecule has 2 aliphatic rings. The lowest BCUT2D eigenvalue weighted by Gasteiger charge is -2.43. The minimum absolute atomic E-state index is 0.536. The van der Waals surface area contributed by atoms with Crippen LogP contribution in [-0.4, -0.2) is 50.9 Å². The topological polar surface area (TPSA) is 35.8 Å². The van der Waals surface area contributed by atoms with Crippen LogP contribution in [0.2, 0.25) is 5.02 Å². The van der Waals surface area contributed by atoms with Gasteiger partial charge in [-0.1, -0.05) is 36.4 Å². The molecular weight excluding hydrogens is 394 g/mol. The summed E-state index contributed by atoms with van der Waals surface area (Å²) in [5, 5.41) is 4.17. The summed E-state index contributed by atoms with van der Waals surface area (Å²) in [6, 6.07) is 15.3. The summed E-state index contributed by atoms with van der Waals surface area (Å²) in [6.07, 6.45) is 4.60. The van der Waals surface area contributed by atoms with Crippen molar-refractivity contribution < 1.29 is 0 Å². The maximum Gasteiger partial charge on any atom is 0.137 e. The second-order valence-electron chi connectivity index (χ2n) is 8.31. The third-order valence-corrected chi connectivity index (χ3v) is 6.62. The van der Waals surface area contributed by atoms with Gasteiger partial charge in [0.2, 0.25) is 0 Å². The van der Waals surface area contributed by atoms with E-state index in [4.69, 9.17) is 16.6 Å². The van der Waals surface area contributed by atoms with Crippen LogP contribution in [0, 0.1) is 0 Å². The Labute approximate surface area is 183 Å². The second-order valence-corrected chi connectivity index (χ2v) is 8.74. The quantitative estimate of drug-likeness (QED) is 0.640. The Morgan fingerprint density at radius 2 is 1.87 bits per heavy atom. The first-order chi connectivity index (χ1) is 14.6. The molecule has 156 valence electrons. The number of piperazine rings is 1. The number of benzene rings is 1. The number of halogens is 1. The van der Waals surface area contributed by atoms with Crippen LogP contribution in [0.1, 0.15) is 25.5 Å². The van der Waals surface area contributed by atoms with E-state index in [0.29, 0.717) is 12.1 Å². The Hall–Kier alpha value is -2.50. The molecule has 0 radical (unpaired) electrons. The van der Waals surface area contributed by atoms with Crippen LogP contribution in [0.3, 0.4) is 0 Å². The monoisotopic (exact) mass is 421 g/mol. The van der Waals surface area contributed by atoms with Gasteiger partial charge in [0, 0.05) is 55.0 Å². The number of nitrogens with one attached hydrogen (secondary N) is 1. The largest absolute Gasteiger partial charge is 0.372 e. The van der Waals surface area contributed by atoms with Gasteiger partial charge in [-0.05, 0) is 44.0 Å². The molecule has 5 nitrogen and oxygen atoms in total. The number of hydrogen-bond acceptors (Lipinski definition) is 4. The third-order valence-electron chi connectivity index (χ3n) is 6.37. The first kappa shape index (κ1) is 19.5. The van der Waals surface area contributed by atoms with Crippen molar-refractivity contribution in [3.63, 3.8) is 0 Å². The molecule has 30 heavy (non-hydrogen) atoms. The second kappa shape index (κ2) is 7.97. The van der Waals surface area contributed by atoms with Gasteiger partial charge in [0.25, 0.3) is 0 Å². The Bertz CT molecular complexity index is 1040. The average Bonchev–Trinajstić information content (AvgIpc) is 3.24. The molecule has 1 aromatic carbocycles. The molecule has 4 heterocycles. The lowest BCUT2D eigenvalue weighted by atomic mass is 10.1. The first-order valence-electron chi connectivity index (χ1n) is 10.8. The third kappa shape index (κ3) is 3.46. The number of hydrogen-bond donors (Lipinski definition) is 1. The van der Waals surface area contributed by atoms with E-state index in [9.17, 15) is 0 Å². The average molecular weight is 422 g/mol. The van der Waals surface area contributed by atoms with E-state index in [2.05, 4.69) is 63.5 Å². The van der Waals surface area contributed by atoms with Crippen LogP contribution in [0.5, 0.6) is 0 Å². The lowest BCUT2D eigenvalue weighted by Crippen LogP contribution is -2.54. The molecule has 2 saturated heterocycles. The van der Waals surface area contributed by atoms with Crippen LogP contribution in [0.15, 0.2) is 61.1 Å². The van der Waals surface area contributed by atoms with Gasteiger partial charge in [-0.3, -0.25) is 4.90 Å². The summed E-state index contributed by atoms with van der Waals surface area (Å²) < 4.78 is 2.23. The first-order valence-corrected chi connectivity index (χ1v) is 11.2. The number of nitrogens with zero attached hydrogens (tertiary/aromatic N) is 4. The van der Waals surface area contributed by atoms with Crippen LogP contribution in [0.4, 0.5) is 0 Å². The van der Waals surface area contributed by atoms with E-state index in [1.165, 1.54) is 18.5 Å². The van der Waals surface area contributed by atoms with E-state index < -0.39 is 0 Å². The smallest absolute Gasteiger partial charge is 0.137 e. The number of likely N-dealkylation sites (tertiary alicyclic amines) is 1. The molecule has 0 aliphatic carbocycles. The highest BCUT2D eigenvalue weighted by molar-refractivity contribution is 6.30. The van der Waals surface area contributed by atoms with Crippen molar-refractivity contribution >= 4 is 17.2 Å². The molecule has 0 saturated carbocycles. The van der Waals surface area contributed by atoms with E-state index in [0.717, 1.165) is 53.9 Å². The summed E-state index contributed by atoms with van der Waals surface area (Å²) in [6.45, 7) is 10.3. The predicted molar refractivity (Wildman–Crippen MR) is 122 cm³/mol. The molecule has 1 N–H and O–H groups in total. The standard InChI is InChI=1S/C24H28ClN5/c1-3-26-17(2)30-20-11-12-21(30)15-28(14-20)16-22-24(18-7-9-19(25)10-8-18)27-23-6-4-5-13-29(22)23/h4-10,13,20-21,26H,2-3,11-12,14-16H2,1H3. The number of pyridine rings is 1. The molecule has 0 amide bonds.